The van der Waals surface area contributed by atoms with E-state index in [2.05, 4.69) is 37.4 Å². The van der Waals surface area contributed by atoms with Gasteiger partial charge in [-0.3, -0.25) is 0 Å². The molecule has 2 rings (SSSR count). The number of rotatable bonds is 4. The van der Waals surface area contributed by atoms with Crippen molar-refractivity contribution in [2.45, 2.75) is 39.5 Å². The summed E-state index contributed by atoms with van der Waals surface area (Å²) in [5, 5.41) is 3.53. The van der Waals surface area contributed by atoms with E-state index in [1.807, 2.05) is 0 Å². The lowest BCUT2D eigenvalue weighted by Crippen LogP contribution is -2.10. The fourth-order valence-electron chi connectivity index (χ4n) is 2.12. The zero-order chi connectivity index (χ0) is 10.7. The molecule has 1 N–H and O–H groups in total. The summed E-state index contributed by atoms with van der Waals surface area (Å²) in [6.45, 7) is 5.63. The van der Waals surface area contributed by atoms with Crippen LogP contribution in [0.1, 0.15) is 37.8 Å². The van der Waals surface area contributed by atoms with Crippen molar-refractivity contribution in [3.63, 3.8) is 0 Å². The number of anilines is 1. The van der Waals surface area contributed by atoms with E-state index in [0.29, 0.717) is 0 Å². The fourth-order valence-corrected chi connectivity index (χ4v) is 2.12. The highest BCUT2D eigenvalue weighted by Crippen LogP contribution is 2.24. The van der Waals surface area contributed by atoms with Crippen LogP contribution in [-0.2, 0) is 12.8 Å². The van der Waals surface area contributed by atoms with Crippen LogP contribution < -0.4 is 5.32 Å². The lowest BCUT2D eigenvalue weighted by atomic mass is 10.1. The zero-order valence-corrected chi connectivity index (χ0v) is 9.84. The molecule has 1 aromatic rings. The SMILES string of the molecule is CCC(C)CNc1ccc2c(c1)CCC2. The van der Waals surface area contributed by atoms with Gasteiger partial charge in [0.05, 0.1) is 0 Å². The van der Waals surface area contributed by atoms with Gasteiger partial charge < -0.3 is 5.32 Å². The number of hydrogen-bond donors (Lipinski definition) is 1. The smallest absolute Gasteiger partial charge is 0.0343 e. The highest BCUT2D eigenvalue weighted by atomic mass is 14.9. The number of aryl methyl sites for hydroxylation is 2. The first-order chi connectivity index (χ1) is 7.29. The second kappa shape index (κ2) is 4.69. The molecule has 0 amide bonds. The van der Waals surface area contributed by atoms with Crippen LogP contribution >= 0.6 is 0 Å². The van der Waals surface area contributed by atoms with Crippen LogP contribution in [0, 0.1) is 5.92 Å². The van der Waals surface area contributed by atoms with E-state index in [4.69, 9.17) is 0 Å². The third kappa shape index (κ3) is 2.53. The topological polar surface area (TPSA) is 12.0 Å². The molecular formula is C14H21N. The summed E-state index contributed by atoms with van der Waals surface area (Å²) in [7, 11) is 0. The normalized spacial score (nSPS) is 16.1. The van der Waals surface area contributed by atoms with Crippen LogP contribution in [0.3, 0.4) is 0 Å². The van der Waals surface area contributed by atoms with Crippen molar-refractivity contribution in [3.05, 3.63) is 29.3 Å². The number of nitrogens with one attached hydrogen (secondary N) is 1. The molecule has 1 heteroatoms. The molecule has 1 aromatic carbocycles. The van der Waals surface area contributed by atoms with E-state index in [0.717, 1.165) is 12.5 Å². The summed E-state index contributed by atoms with van der Waals surface area (Å²) in [4.78, 5) is 0. The van der Waals surface area contributed by atoms with Crippen molar-refractivity contribution >= 4 is 5.69 Å². The Morgan fingerprint density at radius 1 is 1.27 bits per heavy atom. The summed E-state index contributed by atoms with van der Waals surface area (Å²) >= 11 is 0. The lowest BCUT2D eigenvalue weighted by Gasteiger charge is -2.12. The van der Waals surface area contributed by atoms with E-state index >= 15 is 0 Å². The van der Waals surface area contributed by atoms with Crippen LogP contribution in [-0.4, -0.2) is 6.54 Å². The summed E-state index contributed by atoms with van der Waals surface area (Å²) in [5.74, 6) is 0.762. The predicted octanol–water partition coefficient (Wildman–Crippen LogP) is 3.63. The van der Waals surface area contributed by atoms with Gasteiger partial charge in [0, 0.05) is 12.2 Å². The zero-order valence-electron chi connectivity index (χ0n) is 9.84. The summed E-state index contributed by atoms with van der Waals surface area (Å²) < 4.78 is 0. The number of fused-ring (bicyclic) bond motifs is 1. The second-order valence-corrected chi connectivity index (χ2v) is 4.73. The van der Waals surface area contributed by atoms with Gasteiger partial charge in [0.1, 0.15) is 0 Å². The maximum Gasteiger partial charge on any atom is 0.0343 e. The average molecular weight is 203 g/mol. The summed E-state index contributed by atoms with van der Waals surface area (Å²) in [6.07, 6.45) is 5.14. The monoisotopic (exact) mass is 203 g/mol. The Balaban J connectivity index is 1.98. The van der Waals surface area contributed by atoms with Gasteiger partial charge in [0.25, 0.3) is 0 Å². The van der Waals surface area contributed by atoms with Gasteiger partial charge in [-0.15, -0.1) is 0 Å². The Hall–Kier alpha value is -0.980. The molecule has 82 valence electrons. The second-order valence-electron chi connectivity index (χ2n) is 4.73. The Morgan fingerprint density at radius 3 is 2.87 bits per heavy atom. The van der Waals surface area contributed by atoms with Crippen molar-refractivity contribution in [1.29, 1.82) is 0 Å². The molecule has 1 aliphatic rings. The van der Waals surface area contributed by atoms with Gasteiger partial charge in [-0.2, -0.15) is 0 Å². The van der Waals surface area contributed by atoms with Crippen molar-refractivity contribution in [3.8, 4) is 0 Å². The first-order valence-corrected chi connectivity index (χ1v) is 6.15. The van der Waals surface area contributed by atoms with Gasteiger partial charge in [-0.1, -0.05) is 26.3 Å². The van der Waals surface area contributed by atoms with Crippen LogP contribution in [0.25, 0.3) is 0 Å². The molecule has 0 aliphatic heterocycles. The minimum Gasteiger partial charge on any atom is -0.385 e. The Kier molecular flexibility index (Phi) is 3.30. The van der Waals surface area contributed by atoms with Gasteiger partial charge >= 0.3 is 0 Å². The van der Waals surface area contributed by atoms with E-state index in [1.54, 1.807) is 11.1 Å². The molecule has 0 saturated carbocycles. The molecule has 1 unspecified atom stereocenters. The quantitative estimate of drug-likeness (QED) is 0.788. The first-order valence-electron chi connectivity index (χ1n) is 6.15. The van der Waals surface area contributed by atoms with Gasteiger partial charge in [0.2, 0.25) is 0 Å². The van der Waals surface area contributed by atoms with Crippen molar-refractivity contribution < 1.29 is 0 Å². The van der Waals surface area contributed by atoms with Gasteiger partial charge in [-0.05, 0) is 48.4 Å². The van der Waals surface area contributed by atoms with Crippen LogP contribution in [0.5, 0.6) is 0 Å². The highest BCUT2D eigenvalue weighted by molar-refractivity contribution is 5.50. The van der Waals surface area contributed by atoms with Crippen molar-refractivity contribution in [1.82, 2.24) is 0 Å². The Labute approximate surface area is 92.9 Å². The van der Waals surface area contributed by atoms with Crippen molar-refractivity contribution in [2.75, 3.05) is 11.9 Å². The molecule has 0 bridgehead atoms. The average Bonchev–Trinajstić information content (AvgIpc) is 2.72. The molecule has 0 aromatic heterocycles. The van der Waals surface area contributed by atoms with Crippen LogP contribution in [0.4, 0.5) is 5.69 Å². The maximum absolute atomic E-state index is 3.53. The standard InChI is InChI=1S/C14H21N/c1-3-11(2)10-15-14-8-7-12-5-4-6-13(12)9-14/h7-9,11,15H,3-6,10H2,1-2H3. The first kappa shape index (κ1) is 10.5. The van der Waals surface area contributed by atoms with E-state index in [9.17, 15) is 0 Å². The molecule has 0 saturated heterocycles. The maximum atomic E-state index is 3.53. The molecule has 15 heavy (non-hydrogen) atoms. The minimum atomic E-state index is 0.762. The molecule has 0 heterocycles. The number of benzene rings is 1. The van der Waals surface area contributed by atoms with E-state index in [1.165, 1.54) is 31.4 Å². The van der Waals surface area contributed by atoms with Crippen LogP contribution in [0.2, 0.25) is 0 Å². The fraction of sp³-hybridized carbons (Fsp3) is 0.571. The van der Waals surface area contributed by atoms with Gasteiger partial charge in [0.15, 0.2) is 0 Å². The molecule has 0 radical (unpaired) electrons. The van der Waals surface area contributed by atoms with Crippen molar-refractivity contribution in [2.24, 2.45) is 5.92 Å². The predicted molar refractivity (Wildman–Crippen MR) is 66.4 cm³/mol. The molecule has 1 atom stereocenters. The number of hydrogen-bond acceptors (Lipinski definition) is 1. The summed E-state index contributed by atoms with van der Waals surface area (Å²) in [5.41, 5.74) is 4.42. The minimum absolute atomic E-state index is 0.762. The lowest BCUT2D eigenvalue weighted by molar-refractivity contribution is 0.593. The molecule has 1 aliphatic carbocycles. The largest absolute Gasteiger partial charge is 0.385 e. The van der Waals surface area contributed by atoms with E-state index < -0.39 is 0 Å². The van der Waals surface area contributed by atoms with Crippen LogP contribution in [0.15, 0.2) is 18.2 Å². The molecule has 0 fully saturated rings. The summed E-state index contributed by atoms with van der Waals surface area (Å²) in [6, 6.07) is 6.86. The molecule has 0 spiro atoms. The molecule has 1 nitrogen and oxygen atoms in total. The van der Waals surface area contributed by atoms with Gasteiger partial charge in [-0.25, -0.2) is 0 Å². The van der Waals surface area contributed by atoms with E-state index in [-0.39, 0.29) is 0 Å². The molecular weight excluding hydrogens is 182 g/mol. The Morgan fingerprint density at radius 2 is 2.07 bits per heavy atom. The third-order valence-corrected chi connectivity index (χ3v) is 3.45. The Bertz CT molecular complexity index is 330. The highest BCUT2D eigenvalue weighted by Gasteiger charge is 2.10. The third-order valence-electron chi connectivity index (χ3n) is 3.45.